The summed E-state index contributed by atoms with van der Waals surface area (Å²) in [7, 11) is 0. The highest BCUT2D eigenvalue weighted by Gasteiger charge is 2.76. The summed E-state index contributed by atoms with van der Waals surface area (Å²) in [5, 5.41) is 13.3. The Bertz CT molecular complexity index is 806. The fraction of sp³-hybridized carbons (Fsp3) is 0.727. The zero-order valence-corrected chi connectivity index (χ0v) is 19.0. The molecule has 0 aromatic heterocycles. The third-order valence-corrected chi connectivity index (χ3v) is 6.26. The van der Waals surface area contributed by atoms with E-state index in [1.165, 1.54) is 4.90 Å². The molecule has 178 valence electrons. The summed E-state index contributed by atoms with van der Waals surface area (Å²) in [5.41, 5.74) is -2.30. The molecule has 1 saturated heterocycles. The smallest absolute Gasteiger partial charge is 0.410 e. The van der Waals surface area contributed by atoms with Crippen molar-refractivity contribution in [2.24, 2.45) is 17.8 Å². The number of esters is 2. The fourth-order valence-electron chi connectivity index (χ4n) is 5.06. The number of nitrogens with zero attached hydrogens (tertiary/aromatic N) is 1. The van der Waals surface area contributed by atoms with Crippen molar-refractivity contribution >= 4 is 23.9 Å². The molecule has 1 aliphatic heterocycles. The highest BCUT2D eigenvalue weighted by Crippen LogP contribution is 2.63. The average Bonchev–Trinajstić information content (AvgIpc) is 3.11. The minimum atomic E-state index is -1.58. The van der Waals surface area contributed by atoms with Gasteiger partial charge in [0.25, 0.3) is 0 Å². The second kappa shape index (κ2) is 8.73. The predicted octanol–water partition coefficient (Wildman–Crippen LogP) is 1.12. The molecule has 0 aromatic carbocycles. The van der Waals surface area contributed by atoms with Gasteiger partial charge < -0.3 is 24.6 Å². The van der Waals surface area contributed by atoms with Crippen molar-refractivity contribution in [2.75, 3.05) is 13.2 Å². The van der Waals surface area contributed by atoms with E-state index < -0.39 is 65.0 Å². The molecule has 10 heteroatoms. The third kappa shape index (κ3) is 4.32. The molecule has 3 rings (SSSR count). The van der Waals surface area contributed by atoms with Gasteiger partial charge >= 0.3 is 18.0 Å². The summed E-state index contributed by atoms with van der Waals surface area (Å²) in [6.07, 6.45) is 0.324. The standard InChI is InChI=1S/C22H32N2O8/c1-6-30-18(27)15-14-13(25)11-22(16(14)15,19(28)31-7-2)23-17(26)12-9-8-10-24(12)20(29)32-21(3,4)5/h6,12-16,25H,1,7-11H2,2-5H3,(H,23,26)/t12?,13-,14-,15-,16-,22-/m0/s1. The molecule has 2 N–H and O–H groups in total. The fourth-order valence-corrected chi connectivity index (χ4v) is 5.06. The first-order valence-corrected chi connectivity index (χ1v) is 10.9. The number of likely N-dealkylation sites (tertiary alicyclic amines) is 1. The van der Waals surface area contributed by atoms with Crippen molar-refractivity contribution in [3.8, 4) is 0 Å². The number of nitrogens with one attached hydrogen (secondary N) is 1. The SMILES string of the molecule is C=COC(=O)[C@H]1[C@H]2[C@@H]1[C@](NC(=O)C1CCCN1C(=O)OC(C)(C)C)(C(=O)OCC)C[C@@H]2O. The number of fused-ring (bicyclic) bond motifs is 1. The Labute approximate surface area is 187 Å². The van der Waals surface area contributed by atoms with E-state index in [1.807, 2.05) is 0 Å². The first kappa shape index (κ1) is 24.0. The van der Waals surface area contributed by atoms with Gasteiger partial charge in [0.2, 0.25) is 5.91 Å². The quantitative estimate of drug-likeness (QED) is 0.348. The van der Waals surface area contributed by atoms with Crippen molar-refractivity contribution < 1.29 is 38.5 Å². The molecule has 0 aromatic rings. The van der Waals surface area contributed by atoms with Crippen LogP contribution in [0.25, 0.3) is 0 Å². The normalized spacial score (nSPS) is 33.2. The molecular formula is C22H32N2O8. The maximum atomic E-state index is 13.3. The minimum Gasteiger partial charge on any atom is -0.464 e. The number of hydrogen-bond donors (Lipinski definition) is 2. The summed E-state index contributed by atoms with van der Waals surface area (Å²) in [6.45, 7) is 10.6. The van der Waals surface area contributed by atoms with Crippen LogP contribution in [0.4, 0.5) is 4.79 Å². The highest BCUT2D eigenvalue weighted by molar-refractivity contribution is 5.95. The number of ether oxygens (including phenoxy) is 3. The van der Waals surface area contributed by atoms with E-state index in [0.717, 1.165) is 6.26 Å². The summed E-state index contributed by atoms with van der Waals surface area (Å²) in [6, 6.07) is -0.829. The number of aliphatic hydroxyl groups excluding tert-OH is 1. The molecule has 2 saturated carbocycles. The molecule has 3 fully saturated rings. The Morgan fingerprint density at radius 2 is 1.97 bits per heavy atom. The molecule has 0 radical (unpaired) electrons. The molecule has 2 amide bonds. The number of rotatable bonds is 6. The van der Waals surface area contributed by atoms with Crippen LogP contribution in [-0.4, -0.2) is 70.4 Å². The van der Waals surface area contributed by atoms with Crippen LogP contribution >= 0.6 is 0 Å². The third-order valence-electron chi connectivity index (χ3n) is 6.26. The first-order chi connectivity index (χ1) is 15.0. The van der Waals surface area contributed by atoms with E-state index in [9.17, 15) is 24.3 Å². The first-order valence-electron chi connectivity index (χ1n) is 10.9. The van der Waals surface area contributed by atoms with E-state index >= 15 is 0 Å². The van der Waals surface area contributed by atoms with Crippen LogP contribution in [0.2, 0.25) is 0 Å². The number of hydrogen-bond acceptors (Lipinski definition) is 8. The van der Waals surface area contributed by atoms with Gasteiger partial charge in [-0.15, -0.1) is 0 Å². The molecular weight excluding hydrogens is 420 g/mol. The van der Waals surface area contributed by atoms with E-state index in [-0.39, 0.29) is 13.0 Å². The lowest BCUT2D eigenvalue weighted by Gasteiger charge is -2.34. The highest BCUT2D eigenvalue weighted by atomic mass is 16.6. The van der Waals surface area contributed by atoms with Crippen molar-refractivity contribution in [1.29, 1.82) is 0 Å². The summed E-state index contributed by atoms with van der Waals surface area (Å²) in [5.74, 6) is -3.82. The van der Waals surface area contributed by atoms with Gasteiger partial charge in [-0.05, 0) is 40.5 Å². The number of amides is 2. The monoisotopic (exact) mass is 452 g/mol. The van der Waals surface area contributed by atoms with Crippen LogP contribution in [0, 0.1) is 17.8 Å². The van der Waals surface area contributed by atoms with Gasteiger partial charge in [-0.3, -0.25) is 14.5 Å². The lowest BCUT2D eigenvalue weighted by Crippen LogP contribution is -2.61. The Kier molecular flexibility index (Phi) is 6.55. The van der Waals surface area contributed by atoms with Gasteiger partial charge in [-0.25, -0.2) is 9.59 Å². The zero-order valence-electron chi connectivity index (χ0n) is 19.0. The van der Waals surface area contributed by atoms with Crippen LogP contribution in [0.5, 0.6) is 0 Å². The van der Waals surface area contributed by atoms with Gasteiger partial charge in [0.05, 0.1) is 24.9 Å². The lowest BCUT2D eigenvalue weighted by atomic mass is 9.88. The van der Waals surface area contributed by atoms with Crippen molar-refractivity contribution in [2.45, 2.75) is 70.2 Å². The lowest BCUT2D eigenvalue weighted by molar-refractivity contribution is -0.156. The van der Waals surface area contributed by atoms with Gasteiger partial charge in [-0.2, -0.15) is 0 Å². The largest absolute Gasteiger partial charge is 0.464 e. The van der Waals surface area contributed by atoms with E-state index in [1.54, 1.807) is 27.7 Å². The Morgan fingerprint density at radius 1 is 1.28 bits per heavy atom. The minimum absolute atomic E-state index is 0.0686. The van der Waals surface area contributed by atoms with Gasteiger partial charge in [0, 0.05) is 24.8 Å². The van der Waals surface area contributed by atoms with Crippen LogP contribution < -0.4 is 5.32 Å². The maximum absolute atomic E-state index is 13.3. The summed E-state index contributed by atoms with van der Waals surface area (Å²) < 4.78 is 15.5. The topological polar surface area (TPSA) is 131 Å². The molecule has 2 aliphatic carbocycles. The van der Waals surface area contributed by atoms with Crippen molar-refractivity contribution in [1.82, 2.24) is 10.2 Å². The Morgan fingerprint density at radius 3 is 2.56 bits per heavy atom. The van der Waals surface area contributed by atoms with Crippen LogP contribution in [0.15, 0.2) is 12.8 Å². The summed E-state index contributed by atoms with van der Waals surface area (Å²) in [4.78, 5) is 52.5. The Hall–Kier alpha value is -2.62. The van der Waals surface area contributed by atoms with Gasteiger partial charge in [0.15, 0.2) is 0 Å². The number of carbonyl (C=O) groups excluding carboxylic acids is 4. The molecule has 0 spiro atoms. The molecule has 0 bridgehead atoms. The second-order valence-corrected chi connectivity index (χ2v) is 9.52. The molecule has 3 aliphatic rings. The van der Waals surface area contributed by atoms with Crippen LogP contribution in [0.1, 0.15) is 47.0 Å². The van der Waals surface area contributed by atoms with Crippen molar-refractivity contribution in [3.63, 3.8) is 0 Å². The van der Waals surface area contributed by atoms with E-state index in [4.69, 9.17) is 14.2 Å². The number of aliphatic hydroxyl groups is 1. The predicted molar refractivity (Wildman–Crippen MR) is 111 cm³/mol. The van der Waals surface area contributed by atoms with Crippen LogP contribution in [0.3, 0.4) is 0 Å². The molecule has 10 nitrogen and oxygen atoms in total. The average molecular weight is 453 g/mol. The van der Waals surface area contributed by atoms with Crippen molar-refractivity contribution in [3.05, 3.63) is 12.8 Å². The summed E-state index contributed by atoms with van der Waals surface area (Å²) >= 11 is 0. The molecule has 1 unspecified atom stereocenters. The molecule has 6 atom stereocenters. The number of carbonyl (C=O) groups is 4. The van der Waals surface area contributed by atoms with Gasteiger partial charge in [0.1, 0.15) is 17.2 Å². The molecule has 1 heterocycles. The molecule has 32 heavy (non-hydrogen) atoms. The zero-order chi connectivity index (χ0) is 23.8. The maximum Gasteiger partial charge on any atom is 0.410 e. The van der Waals surface area contributed by atoms with Crippen LogP contribution in [-0.2, 0) is 28.6 Å². The Balaban J connectivity index is 1.83. The van der Waals surface area contributed by atoms with E-state index in [0.29, 0.717) is 19.4 Å². The van der Waals surface area contributed by atoms with E-state index in [2.05, 4.69) is 11.9 Å². The second-order valence-electron chi connectivity index (χ2n) is 9.52. The van der Waals surface area contributed by atoms with Gasteiger partial charge in [-0.1, -0.05) is 6.58 Å².